The number of aromatic nitrogens is 1. The van der Waals surface area contributed by atoms with Crippen molar-refractivity contribution in [3.63, 3.8) is 0 Å². The van der Waals surface area contributed by atoms with E-state index in [1.807, 2.05) is 42.2 Å². The van der Waals surface area contributed by atoms with E-state index in [-0.39, 0.29) is 23.9 Å². The summed E-state index contributed by atoms with van der Waals surface area (Å²) in [6, 6.07) is 9.48. The summed E-state index contributed by atoms with van der Waals surface area (Å²) < 4.78 is 0. The molecule has 1 unspecified atom stereocenters. The highest BCUT2D eigenvalue weighted by Crippen LogP contribution is 2.38. The van der Waals surface area contributed by atoms with E-state index >= 15 is 0 Å². The molecule has 1 saturated heterocycles. The number of hydrogen-bond donors (Lipinski definition) is 1. The van der Waals surface area contributed by atoms with E-state index in [1.54, 1.807) is 18.1 Å². The first-order valence-electron chi connectivity index (χ1n) is 11.7. The number of hydrogen-bond acceptors (Lipinski definition) is 6. The fourth-order valence-corrected chi connectivity index (χ4v) is 4.75. The molecule has 2 amide bonds. The zero-order valence-corrected chi connectivity index (χ0v) is 20.2. The number of nitrogens with zero attached hydrogens (tertiary/aromatic N) is 5. The van der Waals surface area contributed by atoms with Crippen molar-refractivity contribution < 1.29 is 9.59 Å². The highest BCUT2D eigenvalue weighted by Gasteiger charge is 2.35. The quantitative estimate of drug-likeness (QED) is 0.754. The minimum Gasteiger partial charge on any atom is -0.355 e. The fraction of sp³-hybridized carbons (Fsp3) is 0.480. The Labute approximate surface area is 196 Å². The number of nitrogens with one attached hydrogen (secondary N) is 1. The molecule has 0 bridgehead atoms. The van der Waals surface area contributed by atoms with E-state index in [0.29, 0.717) is 11.4 Å². The van der Waals surface area contributed by atoms with Gasteiger partial charge in [-0.15, -0.1) is 0 Å². The predicted octanol–water partition coefficient (Wildman–Crippen LogP) is 3.18. The lowest BCUT2D eigenvalue weighted by molar-refractivity contribution is -0.119. The Kier molecular flexibility index (Phi) is 6.56. The van der Waals surface area contributed by atoms with Crippen molar-refractivity contribution in [2.75, 3.05) is 54.9 Å². The zero-order chi connectivity index (χ0) is 23.7. The molecule has 2 aliphatic heterocycles. The number of anilines is 4. The third-order valence-electron chi connectivity index (χ3n) is 6.65. The van der Waals surface area contributed by atoms with E-state index in [0.717, 1.165) is 49.8 Å². The first kappa shape index (κ1) is 23.0. The van der Waals surface area contributed by atoms with E-state index in [4.69, 9.17) is 0 Å². The molecule has 4 rings (SSSR count). The Morgan fingerprint density at radius 3 is 2.55 bits per heavy atom. The van der Waals surface area contributed by atoms with Crippen LogP contribution >= 0.6 is 0 Å². The largest absolute Gasteiger partial charge is 0.355 e. The summed E-state index contributed by atoms with van der Waals surface area (Å²) in [5.74, 6) is 0.799. The van der Waals surface area contributed by atoms with Crippen LogP contribution in [-0.4, -0.2) is 78.5 Å². The summed E-state index contributed by atoms with van der Waals surface area (Å²) in [6.07, 6.45) is 1.74. The maximum Gasteiger partial charge on any atom is 0.254 e. The summed E-state index contributed by atoms with van der Waals surface area (Å²) in [5.41, 5.74) is 3.25. The molecule has 33 heavy (non-hydrogen) atoms. The number of likely N-dealkylation sites (N-methyl/N-ethyl adjacent to an activating group) is 2. The Bertz CT molecular complexity index is 1030. The predicted molar refractivity (Wildman–Crippen MR) is 132 cm³/mol. The second-order valence-corrected chi connectivity index (χ2v) is 9.06. The average Bonchev–Trinajstić information content (AvgIpc) is 2.82. The minimum absolute atomic E-state index is 0.0599. The van der Waals surface area contributed by atoms with Gasteiger partial charge in [-0.2, -0.15) is 0 Å². The second kappa shape index (κ2) is 9.39. The Hall–Kier alpha value is -3.13. The van der Waals surface area contributed by atoms with Crippen molar-refractivity contribution in [2.24, 2.45) is 0 Å². The maximum atomic E-state index is 13.0. The number of carbonyl (C=O) groups excluding carboxylic acids is 2. The third-order valence-corrected chi connectivity index (χ3v) is 6.65. The van der Waals surface area contributed by atoms with Crippen molar-refractivity contribution in [1.82, 2.24) is 14.8 Å². The normalized spacial score (nSPS) is 19.2. The van der Waals surface area contributed by atoms with Crippen molar-refractivity contribution in [3.8, 4) is 0 Å². The van der Waals surface area contributed by atoms with Crippen LogP contribution in [0.15, 0.2) is 36.5 Å². The lowest BCUT2D eigenvalue weighted by Gasteiger charge is -2.42. The lowest BCUT2D eigenvalue weighted by Crippen LogP contribution is -2.53. The molecule has 0 aliphatic carbocycles. The standard InChI is InChI=1S/C25H34N6O2/c1-6-29-10-12-30(13-11-29)25(33)19-8-7-9-20(14-19)27-23-15-21-22(16-26-23)28(5)24(32)18(4)31(21)17(2)3/h7-9,14-18H,6,10-13H2,1-5H3,(H,26,27). The van der Waals surface area contributed by atoms with Crippen LogP contribution < -0.4 is 15.1 Å². The van der Waals surface area contributed by atoms with Gasteiger partial charge in [0.25, 0.3) is 5.91 Å². The highest BCUT2D eigenvalue weighted by molar-refractivity contribution is 6.05. The van der Waals surface area contributed by atoms with Crippen LogP contribution in [0, 0.1) is 0 Å². The maximum absolute atomic E-state index is 13.0. The summed E-state index contributed by atoms with van der Waals surface area (Å²) >= 11 is 0. The van der Waals surface area contributed by atoms with E-state index in [2.05, 4.69) is 40.9 Å². The third kappa shape index (κ3) is 4.53. The van der Waals surface area contributed by atoms with Gasteiger partial charge in [-0.3, -0.25) is 9.59 Å². The van der Waals surface area contributed by atoms with Crippen molar-refractivity contribution >= 4 is 34.7 Å². The molecular formula is C25H34N6O2. The molecule has 1 aromatic carbocycles. The molecule has 2 aliphatic rings. The number of piperazine rings is 1. The summed E-state index contributed by atoms with van der Waals surface area (Å²) in [4.78, 5) is 38.3. The number of fused-ring (bicyclic) bond motifs is 1. The molecule has 0 spiro atoms. The van der Waals surface area contributed by atoms with Crippen molar-refractivity contribution in [1.29, 1.82) is 0 Å². The van der Waals surface area contributed by atoms with Crippen molar-refractivity contribution in [3.05, 3.63) is 42.1 Å². The molecule has 8 nitrogen and oxygen atoms in total. The number of benzene rings is 1. The van der Waals surface area contributed by atoms with Gasteiger partial charge in [0.15, 0.2) is 0 Å². The highest BCUT2D eigenvalue weighted by atomic mass is 16.2. The van der Waals surface area contributed by atoms with Crippen LogP contribution in [-0.2, 0) is 4.79 Å². The van der Waals surface area contributed by atoms with E-state index in [9.17, 15) is 9.59 Å². The van der Waals surface area contributed by atoms with Gasteiger partial charge < -0.3 is 24.9 Å². The Morgan fingerprint density at radius 2 is 1.88 bits per heavy atom. The van der Waals surface area contributed by atoms with Gasteiger partial charge in [0.05, 0.1) is 17.6 Å². The Morgan fingerprint density at radius 1 is 1.15 bits per heavy atom. The van der Waals surface area contributed by atoms with Crippen LogP contribution in [0.4, 0.5) is 22.9 Å². The first-order valence-corrected chi connectivity index (χ1v) is 11.7. The van der Waals surface area contributed by atoms with Gasteiger partial charge in [-0.1, -0.05) is 13.0 Å². The summed E-state index contributed by atoms with van der Waals surface area (Å²) in [6.45, 7) is 12.6. The van der Waals surface area contributed by atoms with Crippen LogP contribution in [0.1, 0.15) is 38.1 Å². The molecule has 176 valence electrons. The topological polar surface area (TPSA) is 72.0 Å². The first-order chi connectivity index (χ1) is 15.8. The molecule has 0 radical (unpaired) electrons. The molecule has 1 fully saturated rings. The molecule has 3 heterocycles. The minimum atomic E-state index is -0.244. The SMILES string of the molecule is CCN1CCN(C(=O)c2cccc(Nc3cc4c(cn3)N(C)C(=O)C(C)N4C(C)C)c2)CC1. The van der Waals surface area contributed by atoms with Gasteiger partial charge in [0, 0.05) is 56.6 Å². The average molecular weight is 451 g/mol. The molecule has 1 N–H and O–H groups in total. The monoisotopic (exact) mass is 450 g/mol. The number of amides is 2. The number of carbonyl (C=O) groups is 2. The lowest BCUT2D eigenvalue weighted by atomic mass is 10.1. The number of pyridine rings is 1. The molecule has 0 saturated carbocycles. The molecule has 2 aromatic rings. The Balaban J connectivity index is 1.55. The van der Waals surface area contributed by atoms with Crippen LogP contribution in [0.25, 0.3) is 0 Å². The summed E-state index contributed by atoms with van der Waals surface area (Å²) in [7, 11) is 1.79. The number of rotatable bonds is 5. The van der Waals surface area contributed by atoms with Crippen LogP contribution in [0.2, 0.25) is 0 Å². The molecular weight excluding hydrogens is 416 g/mol. The second-order valence-electron chi connectivity index (χ2n) is 9.06. The van der Waals surface area contributed by atoms with Crippen LogP contribution in [0.3, 0.4) is 0 Å². The fourth-order valence-electron chi connectivity index (χ4n) is 4.75. The van der Waals surface area contributed by atoms with Crippen LogP contribution in [0.5, 0.6) is 0 Å². The van der Waals surface area contributed by atoms with Crippen molar-refractivity contribution in [2.45, 2.75) is 39.8 Å². The van der Waals surface area contributed by atoms with E-state index < -0.39 is 0 Å². The molecule has 8 heteroatoms. The van der Waals surface area contributed by atoms with Gasteiger partial charge in [0.2, 0.25) is 5.91 Å². The smallest absolute Gasteiger partial charge is 0.254 e. The zero-order valence-electron chi connectivity index (χ0n) is 20.2. The molecule has 1 atom stereocenters. The summed E-state index contributed by atoms with van der Waals surface area (Å²) in [5, 5.41) is 3.35. The van der Waals surface area contributed by atoms with Gasteiger partial charge in [0.1, 0.15) is 11.9 Å². The van der Waals surface area contributed by atoms with Gasteiger partial charge in [-0.05, 0) is 45.5 Å². The van der Waals surface area contributed by atoms with E-state index in [1.165, 1.54) is 0 Å². The molecule has 1 aromatic heterocycles. The van der Waals surface area contributed by atoms with Gasteiger partial charge in [-0.25, -0.2) is 4.98 Å². The van der Waals surface area contributed by atoms with Gasteiger partial charge >= 0.3 is 0 Å².